The first-order chi connectivity index (χ1) is 9.17. The molecule has 0 saturated heterocycles. The lowest BCUT2D eigenvalue weighted by Gasteiger charge is -2.10. The van der Waals surface area contributed by atoms with Crippen LogP contribution in [0.1, 0.15) is 19.3 Å². The van der Waals surface area contributed by atoms with Gasteiger partial charge in [0.05, 0.1) is 19.5 Å². The van der Waals surface area contributed by atoms with E-state index in [4.69, 9.17) is 10.5 Å². The van der Waals surface area contributed by atoms with Crippen molar-refractivity contribution >= 4 is 17.1 Å². The molecule has 7 nitrogen and oxygen atoms in total. The van der Waals surface area contributed by atoms with E-state index in [0.29, 0.717) is 23.0 Å². The molecule has 2 aromatic rings. The number of nitrogens with two attached hydrogens (primary N) is 1. The molecule has 1 aliphatic rings. The Balaban J connectivity index is 1.94. The zero-order valence-electron chi connectivity index (χ0n) is 10.8. The molecule has 7 heteroatoms. The first-order valence-corrected chi connectivity index (χ1v) is 6.37. The molecule has 2 aromatic heterocycles. The quantitative estimate of drug-likeness (QED) is 0.840. The minimum absolute atomic E-state index is 0.172. The van der Waals surface area contributed by atoms with Crippen LogP contribution in [-0.2, 0) is 6.54 Å². The van der Waals surface area contributed by atoms with E-state index in [9.17, 15) is 5.11 Å². The monoisotopic (exact) mass is 263 g/mol. The SMILES string of the molecule is COc1nc(N)nc2c1ncn2C[C@@H]1CC[C@@H](O)C1. The Morgan fingerprint density at radius 3 is 3.00 bits per heavy atom. The Labute approximate surface area is 110 Å². The maximum absolute atomic E-state index is 9.58. The first kappa shape index (κ1) is 12.2. The van der Waals surface area contributed by atoms with Gasteiger partial charge in [0.1, 0.15) is 0 Å². The summed E-state index contributed by atoms with van der Waals surface area (Å²) in [5.74, 6) is 1.03. The van der Waals surface area contributed by atoms with Crippen molar-refractivity contribution in [3.8, 4) is 5.88 Å². The topological polar surface area (TPSA) is 99.1 Å². The highest BCUT2D eigenvalue weighted by Gasteiger charge is 2.24. The number of imidazole rings is 1. The van der Waals surface area contributed by atoms with Crippen molar-refractivity contribution < 1.29 is 9.84 Å². The molecule has 1 saturated carbocycles. The van der Waals surface area contributed by atoms with E-state index in [1.807, 2.05) is 4.57 Å². The molecule has 1 fully saturated rings. The summed E-state index contributed by atoms with van der Waals surface area (Å²) in [6.45, 7) is 0.785. The summed E-state index contributed by atoms with van der Waals surface area (Å²) < 4.78 is 7.12. The third kappa shape index (κ3) is 2.21. The van der Waals surface area contributed by atoms with Gasteiger partial charge in [-0.15, -0.1) is 0 Å². The number of nitrogen functional groups attached to an aromatic ring is 1. The zero-order chi connectivity index (χ0) is 13.4. The van der Waals surface area contributed by atoms with Gasteiger partial charge in [0.15, 0.2) is 11.2 Å². The highest BCUT2D eigenvalue weighted by atomic mass is 16.5. The van der Waals surface area contributed by atoms with E-state index in [-0.39, 0.29) is 12.1 Å². The summed E-state index contributed by atoms with van der Waals surface area (Å²) >= 11 is 0. The van der Waals surface area contributed by atoms with Gasteiger partial charge in [0.2, 0.25) is 11.8 Å². The van der Waals surface area contributed by atoms with Gasteiger partial charge in [0, 0.05) is 6.54 Å². The van der Waals surface area contributed by atoms with Crippen LogP contribution in [0.3, 0.4) is 0 Å². The predicted molar refractivity (Wildman–Crippen MR) is 69.6 cm³/mol. The molecule has 0 bridgehead atoms. The van der Waals surface area contributed by atoms with Crippen molar-refractivity contribution in [1.82, 2.24) is 19.5 Å². The van der Waals surface area contributed by atoms with E-state index in [1.54, 1.807) is 6.33 Å². The van der Waals surface area contributed by atoms with Gasteiger partial charge in [-0.3, -0.25) is 0 Å². The van der Waals surface area contributed by atoms with E-state index in [0.717, 1.165) is 25.8 Å². The molecule has 0 spiro atoms. The van der Waals surface area contributed by atoms with Gasteiger partial charge < -0.3 is 20.1 Å². The largest absolute Gasteiger partial charge is 0.479 e. The van der Waals surface area contributed by atoms with E-state index in [1.165, 1.54) is 7.11 Å². The molecule has 0 amide bonds. The lowest BCUT2D eigenvalue weighted by Crippen LogP contribution is -2.09. The standard InChI is InChI=1S/C12H17N5O2/c1-19-11-9-10(15-12(13)16-11)17(6-14-9)5-7-2-3-8(18)4-7/h6-8,18H,2-5H2,1H3,(H2,13,15,16)/t7-,8-/m1/s1. The number of nitrogens with zero attached hydrogens (tertiary/aromatic N) is 4. The van der Waals surface area contributed by atoms with Gasteiger partial charge in [-0.25, -0.2) is 4.98 Å². The zero-order valence-corrected chi connectivity index (χ0v) is 10.8. The normalized spacial score (nSPS) is 23.1. The highest BCUT2D eigenvalue weighted by molar-refractivity contribution is 5.77. The number of aliphatic hydroxyl groups is 1. The van der Waals surface area contributed by atoms with E-state index < -0.39 is 0 Å². The molecule has 0 aliphatic heterocycles. The second-order valence-corrected chi connectivity index (χ2v) is 4.99. The maximum atomic E-state index is 9.58. The van der Waals surface area contributed by atoms with Crippen molar-refractivity contribution in [2.75, 3.05) is 12.8 Å². The lowest BCUT2D eigenvalue weighted by atomic mass is 10.1. The number of ether oxygens (including phenoxy) is 1. The maximum Gasteiger partial charge on any atom is 0.246 e. The van der Waals surface area contributed by atoms with Crippen LogP contribution < -0.4 is 10.5 Å². The molecule has 19 heavy (non-hydrogen) atoms. The number of hydrogen-bond donors (Lipinski definition) is 2. The summed E-state index contributed by atoms with van der Waals surface area (Å²) in [5, 5.41) is 9.58. The number of hydrogen-bond acceptors (Lipinski definition) is 6. The number of fused-ring (bicyclic) bond motifs is 1. The van der Waals surface area contributed by atoms with Gasteiger partial charge in [-0.05, 0) is 25.2 Å². The van der Waals surface area contributed by atoms with Crippen LogP contribution in [0, 0.1) is 5.92 Å². The second kappa shape index (κ2) is 4.65. The Hall–Kier alpha value is -1.89. The Morgan fingerprint density at radius 2 is 2.32 bits per heavy atom. The number of aromatic nitrogens is 4. The van der Waals surface area contributed by atoms with Crippen molar-refractivity contribution in [2.24, 2.45) is 5.92 Å². The number of rotatable bonds is 3. The van der Waals surface area contributed by atoms with Gasteiger partial charge in [-0.1, -0.05) is 0 Å². The van der Waals surface area contributed by atoms with Crippen LogP contribution >= 0.6 is 0 Å². The van der Waals surface area contributed by atoms with Gasteiger partial charge in [0.25, 0.3) is 0 Å². The molecular weight excluding hydrogens is 246 g/mol. The molecule has 3 rings (SSSR count). The van der Waals surface area contributed by atoms with Crippen LogP contribution in [-0.4, -0.2) is 37.8 Å². The van der Waals surface area contributed by atoms with Crippen molar-refractivity contribution in [3.63, 3.8) is 0 Å². The van der Waals surface area contributed by atoms with Crippen LogP contribution in [0.4, 0.5) is 5.95 Å². The average Bonchev–Trinajstić information content (AvgIpc) is 2.96. The van der Waals surface area contributed by atoms with Crippen molar-refractivity contribution in [1.29, 1.82) is 0 Å². The molecule has 102 valence electrons. The highest BCUT2D eigenvalue weighted by Crippen LogP contribution is 2.29. The number of aliphatic hydroxyl groups excluding tert-OH is 1. The Kier molecular flexibility index (Phi) is 2.98. The van der Waals surface area contributed by atoms with Gasteiger partial charge in [-0.2, -0.15) is 9.97 Å². The molecule has 0 radical (unpaired) electrons. The summed E-state index contributed by atoms with van der Waals surface area (Å²) in [5.41, 5.74) is 6.98. The van der Waals surface area contributed by atoms with Crippen LogP contribution in [0.25, 0.3) is 11.2 Å². The van der Waals surface area contributed by atoms with Gasteiger partial charge >= 0.3 is 0 Å². The van der Waals surface area contributed by atoms with Crippen LogP contribution in [0.5, 0.6) is 5.88 Å². The van der Waals surface area contributed by atoms with E-state index >= 15 is 0 Å². The molecule has 2 atom stereocenters. The number of methoxy groups -OCH3 is 1. The van der Waals surface area contributed by atoms with Crippen LogP contribution in [0.2, 0.25) is 0 Å². The number of anilines is 1. The Bertz CT molecular complexity index is 597. The molecule has 3 N–H and O–H groups in total. The fourth-order valence-electron chi connectivity index (χ4n) is 2.70. The van der Waals surface area contributed by atoms with Crippen molar-refractivity contribution in [2.45, 2.75) is 31.9 Å². The summed E-state index contributed by atoms with van der Waals surface area (Å²) in [6.07, 6.45) is 4.29. The van der Waals surface area contributed by atoms with E-state index in [2.05, 4.69) is 15.0 Å². The fraction of sp³-hybridized carbons (Fsp3) is 0.583. The lowest BCUT2D eigenvalue weighted by molar-refractivity contribution is 0.176. The molecule has 1 aliphatic carbocycles. The minimum atomic E-state index is -0.172. The third-order valence-corrected chi connectivity index (χ3v) is 3.61. The first-order valence-electron chi connectivity index (χ1n) is 6.37. The fourth-order valence-corrected chi connectivity index (χ4v) is 2.70. The molecule has 2 heterocycles. The minimum Gasteiger partial charge on any atom is -0.479 e. The van der Waals surface area contributed by atoms with Crippen molar-refractivity contribution in [3.05, 3.63) is 6.33 Å². The average molecular weight is 263 g/mol. The Morgan fingerprint density at radius 1 is 1.47 bits per heavy atom. The summed E-state index contributed by atoms with van der Waals surface area (Å²) in [6, 6.07) is 0. The predicted octanol–water partition coefficient (Wildman–Crippen LogP) is 0.578. The van der Waals surface area contributed by atoms with Crippen LogP contribution in [0.15, 0.2) is 6.33 Å². The second-order valence-electron chi connectivity index (χ2n) is 4.99. The summed E-state index contributed by atoms with van der Waals surface area (Å²) in [4.78, 5) is 12.5. The molecular formula is C12H17N5O2. The third-order valence-electron chi connectivity index (χ3n) is 3.61. The molecule has 0 unspecified atom stereocenters. The molecule has 0 aromatic carbocycles. The summed E-state index contributed by atoms with van der Waals surface area (Å²) in [7, 11) is 1.54. The smallest absolute Gasteiger partial charge is 0.246 e.